The fourth-order valence-corrected chi connectivity index (χ4v) is 1.95. The second-order valence-electron chi connectivity index (χ2n) is 4.57. The fourth-order valence-electron chi connectivity index (χ4n) is 1.95. The van der Waals surface area contributed by atoms with Gasteiger partial charge in [-0.3, -0.25) is 14.9 Å². The summed E-state index contributed by atoms with van der Waals surface area (Å²) < 4.78 is 0. The molecule has 0 fully saturated rings. The molecule has 0 unspecified atom stereocenters. The Balaban J connectivity index is 1.89. The molecule has 20 heavy (non-hydrogen) atoms. The average molecular weight is 273 g/mol. The predicted molar refractivity (Wildman–Crippen MR) is 75.5 cm³/mol. The van der Waals surface area contributed by atoms with Crippen molar-refractivity contribution in [1.82, 2.24) is 5.43 Å². The van der Waals surface area contributed by atoms with Crippen LogP contribution in [0.5, 0.6) is 0 Å². The molecule has 0 saturated carbocycles. The second kappa shape index (κ2) is 6.60. The second-order valence-corrected chi connectivity index (χ2v) is 4.57. The van der Waals surface area contributed by atoms with Gasteiger partial charge in [0.05, 0.1) is 4.92 Å². The third-order valence-corrected chi connectivity index (χ3v) is 3.10. The Labute approximate surface area is 116 Å². The molecule has 0 heterocycles. The molecule has 1 aliphatic rings. The molecule has 0 aliphatic heterocycles. The third kappa shape index (κ3) is 3.74. The minimum Gasteiger partial charge on any atom is -0.267 e. The normalized spacial score (nSPS) is 18.1. The van der Waals surface area contributed by atoms with E-state index in [0.717, 1.165) is 19.3 Å². The summed E-state index contributed by atoms with van der Waals surface area (Å²) in [6, 6.07) is 5.41. The molecule has 0 bridgehead atoms. The van der Waals surface area contributed by atoms with Crippen molar-refractivity contribution in [1.29, 1.82) is 0 Å². The highest BCUT2D eigenvalue weighted by molar-refractivity contribution is 5.94. The summed E-state index contributed by atoms with van der Waals surface area (Å²) in [5.74, 6) is -0.0142. The van der Waals surface area contributed by atoms with Crippen molar-refractivity contribution >= 4 is 17.8 Å². The van der Waals surface area contributed by atoms with Crippen LogP contribution in [0, 0.1) is 16.0 Å². The zero-order valence-corrected chi connectivity index (χ0v) is 10.9. The smallest absolute Gasteiger partial charge is 0.267 e. The van der Waals surface area contributed by atoms with E-state index in [1.165, 1.54) is 24.3 Å². The number of non-ortho nitro benzene ring substituents is 1. The molecule has 0 spiro atoms. The lowest BCUT2D eigenvalue weighted by Gasteiger charge is -2.11. The van der Waals surface area contributed by atoms with Crippen LogP contribution in [0.1, 0.15) is 29.6 Å². The Morgan fingerprint density at radius 1 is 1.35 bits per heavy atom. The van der Waals surface area contributed by atoms with E-state index in [1.54, 1.807) is 6.21 Å². The van der Waals surface area contributed by atoms with E-state index in [-0.39, 0.29) is 11.6 Å². The number of allylic oxidation sites excluding steroid dienone is 2. The molecule has 1 aromatic rings. The summed E-state index contributed by atoms with van der Waals surface area (Å²) >= 11 is 0. The van der Waals surface area contributed by atoms with Gasteiger partial charge in [0.15, 0.2) is 0 Å². The molecule has 1 aromatic carbocycles. The maximum atomic E-state index is 11.8. The van der Waals surface area contributed by atoms with E-state index in [9.17, 15) is 14.9 Å². The zero-order valence-electron chi connectivity index (χ0n) is 10.9. The van der Waals surface area contributed by atoms with Gasteiger partial charge in [-0.1, -0.05) is 12.2 Å². The topological polar surface area (TPSA) is 84.6 Å². The number of nitrogens with one attached hydrogen (secondary N) is 1. The monoisotopic (exact) mass is 273 g/mol. The number of nitrogens with zero attached hydrogens (tertiary/aromatic N) is 2. The highest BCUT2D eigenvalue weighted by Crippen LogP contribution is 2.15. The summed E-state index contributed by atoms with van der Waals surface area (Å²) in [4.78, 5) is 21.8. The SMILES string of the molecule is O=C(N/N=C\[C@@H]1CC=CCC1)c1ccc([N+](=O)[O-])cc1. The molecule has 1 aliphatic carbocycles. The maximum Gasteiger partial charge on any atom is 0.271 e. The van der Waals surface area contributed by atoms with Crippen LogP contribution >= 0.6 is 0 Å². The lowest BCUT2D eigenvalue weighted by molar-refractivity contribution is -0.384. The van der Waals surface area contributed by atoms with E-state index in [2.05, 4.69) is 22.7 Å². The number of carbonyl (C=O) groups excluding carboxylic acids is 1. The van der Waals surface area contributed by atoms with Crippen molar-refractivity contribution in [3.8, 4) is 0 Å². The highest BCUT2D eigenvalue weighted by atomic mass is 16.6. The van der Waals surface area contributed by atoms with Crippen LogP contribution in [0.3, 0.4) is 0 Å². The molecule has 0 saturated heterocycles. The Kier molecular flexibility index (Phi) is 4.60. The van der Waals surface area contributed by atoms with Crippen molar-refractivity contribution < 1.29 is 9.72 Å². The lowest BCUT2D eigenvalue weighted by atomic mass is 9.96. The number of amides is 1. The summed E-state index contributed by atoms with van der Waals surface area (Å²) in [6.45, 7) is 0. The van der Waals surface area contributed by atoms with Gasteiger partial charge in [0.1, 0.15) is 0 Å². The highest BCUT2D eigenvalue weighted by Gasteiger charge is 2.09. The van der Waals surface area contributed by atoms with Crippen molar-refractivity contribution in [3.05, 3.63) is 52.1 Å². The molecule has 104 valence electrons. The molecule has 0 aromatic heterocycles. The molecule has 2 rings (SSSR count). The fraction of sp³-hybridized carbons (Fsp3) is 0.286. The van der Waals surface area contributed by atoms with Crippen molar-refractivity contribution in [2.45, 2.75) is 19.3 Å². The van der Waals surface area contributed by atoms with Crippen LogP contribution in [0.25, 0.3) is 0 Å². The van der Waals surface area contributed by atoms with Gasteiger partial charge < -0.3 is 0 Å². The molecular formula is C14H15N3O3. The lowest BCUT2D eigenvalue weighted by Crippen LogP contribution is -2.18. The van der Waals surface area contributed by atoms with E-state index < -0.39 is 4.92 Å². The standard InChI is InChI=1S/C14H15N3O3/c18-14(12-6-8-13(9-7-12)17(19)20)16-15-10-11-4-2-1-3-5-11/h1-2,6-11H,3-5H2,(H,16,18)/b15-10-/t11-/m1/s1. The van der Waals surface area contributed by atoms with E-state index in [0.29, 0.717) is 11.5 Å². The van der Waals surface area contributed by atoms with Gasteiger partial charge in [-0.05, 0) is 37.3 Å². The zero-order chi connectivity index (χ0) is 14.4. The first-order valence-electron chi connectivity index (χ1n) is 6.40. The molecule has 6 nitrogen and oxygen atoms in total. The molecular weight excluding hydrogens is 258 g/mol. The molecule has 6 heteroatoms. The number of rotatable bonds is 4. The van der Waals surface area contributed by atoms with Crippen LogP contribution in [0.4, 0.5) is 5.69 Å². The largest absolute Gasteiger partial charge is 0.271 e. The first kappa shape index (κ1) is 13.9. The number of carbonyl (C=O) groups is 1. The van der Waals surface area contributed by atoms with Gasteiger partial charge in [0, 0.05) is 23.9 Å². The Bertz CT molecular complexity index is 549. The number of hydrazone groups is 1. The molecule has 0 radical (unpaired) electrons. The summed E-state index contributed by atoms with van der Waals surface area (Å²) in [7, 11) is 0. The van der Waals surface area contributed by atoms with Crippen LogP contribution in [-0.2, 0) is 0 Å². The molecule has 1 N–H and O–H groups in total. The van der Waals surface area contributed by atoms with Crippen LogP contribution in [0.15, 0.2) is 41.5 Å². The summed E-state index contributed by atoms with van der Waals surface area (Å²) in [6.07, 6.45) is 9.00. The first-order valence-corrected chi connectivity index (χ1v) is 6.40. The predicted octanol–water partition coefficient (Wildman–Crippen LogP) is 2.67. The molecule has 1 atom stereocenters. The van der Waals surface area contributed by atoms with Crippen LogP contribution < -0.4 is 5.43 Å². The van der Waals surface area contributed by atoms with Crippen molar-refractivity contribution in [2.75, 3.05) is 0 Å². The number of nitro benzene ring substituents is 1. The van der Waals surface area contributed by atoms with Gasteiger partial charge in [0.25, 0.3) is 11.6 Å². The van der Waals surface area contributed by atoms with E-state index in [4.69, 9.17) is 0 Å². The average Bonchev–Trinajstić information content (AvgIpc) is 2.48. The van der Waals surface area contributed by atoms with E-state index >= 15 is 0 Å². The van der Waals surface area contributed by atoms with Gasteiger partial charge in [-0.15, -0.1) is 0 Å². The Hall–Kier alpha value is -2.50. The number of hydrogen-bond acceptors (Lipinski definition) is 4. The van der Waals surface area contributed by atoms with Gasteiger partial charge >= 0.3 is 0 Å². The Morgan fingerprint density at radius 2 is 2.10 bits per heavy atom. The van der Waals surface area contributed by atoms with Gasteiger partial charge in [-0.25, -0.2) is 5.43 Å². The summed E-state index contributed by atoms with van der Waals surface area (Å²) in [5, 5.41) is 14.4. The maximum absolute atomic E-state index is 11.8. The van der Waals surface area contributed by atoms with Gasteiger partial charge in [-0.2, -0.15) is 5.10 Å². The van der Waals surface area contributed by atoms with Crippen LogP contribution in [0.2, 0.25) is 0 Å². The van der Waals surface area contributed by atoms with Crippen molar-refractivity contribution in [2.24, 2.45) is 11.0 Å². The minimum absolute atomic E-state index is 0.0426. The quantitative estimate of drug-likeness (QED) is 0.396. The minimum atomic E-state index is -0.504. The number of nitro groups is 1. The first-order chi connectivity index (χ1) is 9.66. The van der Waals surface area contributed by atoms with Crippen LogP contribution in [-0.4, -0.2) is 17.0 Å². The molecule has 1 amide bonds. The summed E-state index contributed by atoms with van der Waals surface area (Å²) in [5.41, 5.74) is 2.73. The van der Waals surface area contributed by atoms with Crippen molar-refractivity contribution in [3.63, 3.8) is 0 Å². The number of benzene rings is 1. The Morgan fingerprint density at radius 3 is 2.70 bits per heavy atom. The van der Waals surface area contributed by atoms with Gasteiger partial charge in [0.2, 0.25) is 0 Å². The number of hydrogen-bond donors (Lipinski definition) is 1. The third-order valence-electron chi connectivity index (χ3n) is 3.10. The van der Waals surface area contributed by atoms with E-state index in [1.807, 2.05) is 0 Å².